The van der Waals surface area contributed by atoms with Gasteiger partial charge in [-0.2, -0.15) is 0 Å². The van der Waals surface area contributed by atoms with Gasteiger partial charge in [-0.05, 0) is 49.4 Å². The topological polar surface area (TPSA) is 94.0 Å². The monoisotopic (exact) mass is 530 g/mol. The van der Waals surface area contributed by atoms with E-state index in [1.807, 2.05) is 20.1 Å². The van der Waals surface area contributed by atoms with Gasteiger partial charge in [0, 0.05) is 28.8 Å². The first-order valence-electron chi connectivity index (χ1n) is 11.1. The zero-order chi connectivity index (χ0) is 26.0. The van der Waals surface area contributed by atoms with Crippen LogP contribution in [0.4, 0.5) is 14.5 Å². The van der Waals surface area contributed by atoms with Crippen LogP contribution in [0.15, 0.2) is 64.7 Å². The van der Waals surface area contributed by atoms with Crippen LogP contribution in [-0.4, -0.2) is 29.2 Å². The van der Waals surface area contributed by atoms with Crippen LogP contribution in [0.1, 0.15) is 31.9 Å². The molecular formula is C25H24F2N4O3S2. The fourth-order valence-corrected chi connectivity index (χ4v) is 5.34. The van der Waals surface area contributed by atoms with Crippen LogP contribution in [0.2, 0.25) is 0 Å². The zero-order valence-electron chi connectivity index (χ0n) is 19.8. The van der Waals surface area contributed by atoms with Crippen molar-refractivity contribution in [2.75, 3.05) is 11.0 Å². The van der Waals surface area contributed by atoms with Crippen LogP contribution >= 0.6 is 11.8 Å². The maximum absolute atomic E-state index is 15.0. The minimum Gasteiger partial charge on any atom is -0.289 e. The van der Waals surface area contributed by atoms with E-state index >= 15 is 4.39 Å². The predicted octanol–water partition coefficient (Wildman–Crippen LogP) is 5.37. The van der Waals surface area contributed by atoms with Crippen LogP contribution in [0.3, 0.4) is 0 Å². The highest BCUT2D eigenvalue weighted by molar-refractivity contribution is 7.98. The molecule has 0 saturated heterocycles. The number of hydrogen-bond acceptors (Lipinski definition) is 6. The van der Waals surface area contributed by atoms with E-state index in [-0.39, 0.29) is 34.0 Å². The summed E-state index contributed by atoms with van der Waals surface area (Å²) < 4.78 is 57.7. The second-order valence-corrected chi connectivity index (χ2v) is 10.8. The summed E-state index contributed by atoms with van der Waals surface area (Å²) in [5, 5.41) is 1.16. The van der Waals surface area contributed by atoms with Crippen LogP contribution < -0.4 is 10.3 Å². The van der Waals surface area contributed by atoms with Crippen molar-refractivity contribution >= 4 is 38.5 Å². The molecule has 0 spiro atoms. The van der Waals surface area contributed by atoms with Gasteiger partial charge in [0.2, 0.25) is 10.0 Å². The summed E-state index contributed by atoms with van der Waals surface area (Å²) in [6.07, 6.45) is 4.14. The van der Waals surface area contributed by atoms with Gasteiger partial charge in [0.1, 0.15) is 17.3 Å². The molecule has 0 saturated carbocycles. The molecule has 1 N–H and O–H groups in total. The van der Waals surface area contributed by atoms with Crippen LogP contribution in [0.5, 0.6) is 0 Å². The second kappa shape index (κ2) is 10.4. The molecule has 36 heavy (non-hydrogen) atoms. The molecule has 2 aromatic heterocycles. The summed E-state index contributed by atoms with van der Waals surface area (Å²) in [7, 11) is -4.09. The lowest BCUT2D eigenvalue weighted by molar-refractivity contribution is 0.527. The van der Waals surface area contributed by atoms with E-state index in [0.29, 0.717) is 22.6 Å². The summed E-state index contributed by atoms with van der Waals surface area (Å²) in [4.78, 5) is 22.3. The number of sulfonamides is 1. The average Bonchev–Trinajstić information content (AvgIpc) is 2.85. The Bertz CT molecular complexity index is 1610. The van der Waals surface area contributed by atoms with Gasteiger partial charge in [-0.1, -0.05) is 43.0 Å². The quantitative estimate of drug-likeness (QED) is 0.243. The molecule has 0 aliphatic rings. The number of aromatic nitrogens is 3. The highest BCUT2D eigenvalue weighted by Crippen LogP contribution is 2.27. The molecule has 0 fully saturated rings. The molecule has 188 valence electrons. The molecule has 11 heteroatoms. The van der Waals surface area contributed by atoms with E-state index in [0.717, 1.165) is 12.1 Å². The first-order chi connectivity index (χ1) is 17.1. The highest BCUT2D eigenvalue weighted by atomic mass is 32.2. The zero-order valence-corrected chi connectivity index (χ0v) is 21.5. The van der Waals surface area contributed by atoms with E-state index < -0.39 is 27.4 Å². The third-order valence-electron chi connectivity index (χ3n) is 5.81. The number of benzene rings is 2. The van der Waals surface area contributed by atoms with Crippen molar-refractivity contribution in [3.05, 3.63) is 82.3 Å². The first-order valence-corrected chi connectivity index (χ1v) is 14.0. The van der Waals surface area contributed by atoms with E-state index in [9.17, 15) is 17.6 Å². The maximum Gasteiger partial charge on any atom is 0.260 e. The predicted molar refractivity (Wildman–Crippen MR) is 139 cm³/mol. The standard InChI is InChI=1S/C25H24F2N4O3S2/c1-4-15(2)31-23-18(13-28-25(29-23)35-3)11-19(24(31)32)16-9-10-22(21(27)12-16)30-36(33,34)14-17-7-5-6-8-20(17)26/h5-13,15,30H,4,14H2,1-3H3. The number of nitrogens with one attached hydrogen (secondary N) is 1. The Labute approximate surface area is 211 Å². The molecule has 0 aliphatic carbocycles. The van der Waals surface area contributed by atoms with E-state index in [1.54, 1.807) is 16.8 Å². The first kappa shape index (κ1) is 25.8. The summed E-state index contributed by atoms with van der Waals surface area (Å²) in [6.45, 7) is 3.85. The Kier molecular flexibility index (Phi) is 7.41. The molecule has 1 atom stereocenters. The Balaban J connectivity index is 1.73. The van der Waals surface area contributed by atoms with Crippen LogP contribution in [0.25, 0.3) is 22.2 Å². The van der Waals surface area contributed by atoms with Gasteiger partial charge < -0.3 is 0 Å². The van der Waals surface area contributed by atoms with E-state index in [2.05, 4.69) is 14.7 Å². The molecule has 1 unspecified atom stereocenters. The SMILES string of the molecule is CCC(C)n1c(=O)c(-c2ccc(NS(=O)(=O)Cc3ccccc3F)c(F)c2)cc2cnc(SC)nc21. The summed E-state index contributed by atoms with van der Waals surface area (Å²) >= 11 is 1.36. The molecule has 2 heterocycles. The van der Waals surface area contributed by atoms with Crippen LogP contribution in [-0.2, 0) is 15.8 Å². The van der Waals surface area contributed by atoms with E-state index in [1.165, 1.54) is 42.1 Å². The Hall–Kier alpha value is -3.31. The minimum atomic E-state index is -4.09. The van der Waals surface area contributed by atoms with Gasteiger partial charge in [0.25, 0.3) is 5.56 Å². The number of fused-ring (bicyclic) bond motifs is 1. The molecule has 7 nitrogen and oxygen atoms in total. The second-order valence-electron chi connectivity index (χ2n) is 8.27. The molecule has 0 radical (unpaired) electrons. The normalized spacial score (nSPS) is 12.6. The molecule has 0 aliphatic heterocycles. The number of nitrogens with zero attached hydrogens (tertiary/aromatic N) is 3. The van der Waals surface area contributed by atoms with E-state index in [4.69, 9.17) is 0 Å². The molecule has 0 bridgehead atoms. The number of halogens is 2. The smallest absolute Gasteiger partial charge is 0.260 e. The molecular weight excluding hydrogens is 506 g/mol. The van der Waals surface area contributed by atoms with Crippen molar-refractivity contribution in [3.63, 3.8) is 0 Å². The third-order valence-corrected chi connectivity index (χ3v) is 7.60. The fraction of sp³-hybridized carbons (Fsp3) is 0.240. The molecule has 4 aromatic rings. The Morgan fingerprint density at radius 3 is 2.53 bits per heavy atom. The largest absolute Gasteiger partial charge is 0.289 e. The van der Waals surface area contributed by atoms with Crippen molar-refractivity contribution in [3.8, 4) is 11.1 Å². The Morgan fingerprint density at radius 1 is 1.11 bits per heavy atom. The molecule has 2 aromatic carbocycles. The summed E-state index contributed by atoms with van der Waals surface area (Å²) in [6, 6.07) is 10.7. The van der Waals surface area contributed by atoms with Gasteiger partial charge >= 0.3 is 0 Å². The lowest BCUT2D eigenvalue weighted by Crippen LogP contribution is -2.26. The average molecular weight is 531 g/mol. The number of rotatable bonds is 8. The van der Waals surface area contributed by atoms with Crippen molar-refractivity contribution in [2.24, 2.45) is 0 Å². The van der Waals surface area contributed by atoms with Crippen molar-refractivity contribution < 1.29 is 17.2 Å². The minimum absolute atomic E-state index is 0.0318. The Morgan fingerprint density at radius 2 is 1.86 bits per heavy atom. The van der Waals surface area contributed by atoms with Gasteiger partial charge in [-0.25, -0.2) is 27.2 Å². The third kappa shape index (κ3) is 5.26. The van der Waals surface area contributed by atoms with Crippen molar-refractivity contribution in [2.45, 2.75) is 37.2 Å². The van der Waals surface area contributed by atoms with Gasteiger partial charge in [-0.3, -0.25) is 14.1 Å². The number of pyridine rings is 1. The fourth-order valence-electron chi connectivity index (χ4n) is 3.79. The lowest BCUT2D eigenvalue weighted by Gasteiger charge is -2.18. The van der Waals surface area contributed by atoms with Crippen molar-refractivity contribution in [1.82, 2.24) is 14.5 Å². The maximum atomic E-state index is 15.0. The van der Waals surface area contributed by atoms with Gasteiger partial charge in [0.15, 0.2) is 5.16 Å². The van der Waals surface area contributed by atoms with Crippen LogP contribution in [0, 0.1) is 11.6 Å². The van der Waals surface area contributed by atoms with Gasteiger partial charge in [0.05, 0.1) is 11.4 Å². The number of anilines is 1. The highest BCUT2D eigenvalue weighted by Gasteiger charge is 2.20. The van der Waals surface area contributed by atoms with Crippen molar-refractivity contribution in [1.29, 1.82) is 0 Å². The summed E-state index contributed by atoms with van der Waals surface area (Å²) in [5.41, 5.74) is 0.345. The molecule has 0 amide bonds. The lowest BCUT2D eigenvalue weighted by atomic mass is 10.0. The number of hydrogen-bond donors (Lipinski definition) is 1. The van der Waals surface area contributed by atoms with Gasteiger partial charge in [-0.15, -0.1) is 0 Å². The number of thioether (sulfide) groups is 1. The summed E-state index contributed by atoms with van der Waals surface area (Å²) in [5.74, 6) is -2.18. The molecule has 4 rings (SSSR count).